The van der Waals surface area contributed by atoms with E-state index in [4.69, 9.17) is 0 Å². The van der Waals surface area contributed by atoms with Crippen molar-refractivity contribution in [3.05, 3.63) is 41.4 Å². The number of nitrogens with zero attached hydrogens (tertiary/aromatic N) is 2. The Kier molecular flexibility index (Phi) is 5.59. The Hall–Kier alpha value is -2.21. The van der Waals surface area contributed by atoms with Crippen molar-refractivity contribution in [3.63, 3.8) is 0 Å². The number of nitrogens with one attached hydrogen (secondary N) is 1. The van der Waals surface area contributed by atoms with Crippen molar-refractivity contribution in [2.45, 2.75) is 25.7 Å². The predicted octanol–water partition coefficient (Wildman–Crippen LogP) is 2.94. The molecule has 0 radical (unpaired) electrons. The van der Waals surface area contributed by atoms with E-state index in [1.54, 1.807) is 6.20 Å². The standard InChI is InChI=1S/C18H21N3O2S/c22-16-9-5-2-6-11-21(16)12-10-19-17(23)15-13-20-18(24-15)14-7-3-1-4-8-14/h1,3-4,7-8,13H,2,5-6,9-12H2,(H,19,23). The predicted molar refractivity (Wildman–Crippen MR) is 94.9 cm³/mol. The van der Waals surface area contributed by atoms with Gasteiger partial charge in [-0.15, -0.1) is 11.3 Å². The van der Waals surface area contributed by atoms with Crippen LogP contribution in [0.2, 0.25) is 0 Å². The summed E-state index contributed by atoms with van der Waals surface area (Å²) in [5, 5.41) is 3.73. The molecule has 1 N–H and O–H groups in total. The van der Waals surface area contributed by atoms with E-state index in [-0.39, 0.29) is 11.8 Å². The summed E-state index contributed by atoms with van der Waals surface area (Å²) in [7, 11) is 0. The van der Waals surface area contributed by atoms with Crippen LogP contribution in [0, 0.1) is 0 Å². The van der Waals surface area contributed by atoms with Crippen molar-refractivity contribution in [2.24, 2.45) is 0 Å². The van der Waals surface area contributed by atoms with E-state index in [1.807, 2.05) is 35.2 Å². The van der Waals surface area contributed by atoms with Gasteiger partial charge in [-0.05, 0) is 12.8 Å². The lowest BCUT2D eigenvalue weighted by Crippen LogP contribution is -2.38. The molecule has 0 bridgehead atoms. The molecule has 0 saturated carbocycles. The highest BCUT2D eigenvalue weighted by Crippen LogP contribution is 2.24. The van der Waals surface area contributed by atoms with E-state index in [1.165, 1.54) is 11.3 Å². The van der Waals surface area contributed by atoms with Crippen LogP contribution in [0.1, 0.15) is 35.4 Å². The molecule has 1 aliphatic heterocycles. The van der Waals surface area contributed by atoms with E-state index >= 15 is 0 Å². The number of carbonyl (C=O) groups excluding carboxylic acids is 2. The van der Waals surface area contributed by atoms with Crippen molar-refractivity contribution in [1.29, 1.82) is 0 Å². The molecule has 1 aliphatic rings. The van der Waals surface area contributed by atoms with Crippen LogP contribution in [0.5, 0.6) is 0 Å². The number of benzene rings is 1. The van der Waals surface area contributed by atoms with Gasteiger partial charge in [0.2, 0.25) is 5.91 Å². The van der Waals surface area contributed by atoms with Crippen LogP contribution in [0.15, 0.2) is 36.5 Å². The van der Waals surface area contributed by atoms with Gasteiger partial charge < -0.3 is 10.2 Å². The molecule has 24 heavy (non-hydrogen) atoms. The summed E-state index contributed by atoms with van der Waals surface area (Å²) in [6.45, 7) is 1.85. The Morgan fingerprint density at radius 1 is 1.21 bits per heavy atom. The first-order valence-electron chi connectivity index (χ1n) is 8.31. The van der Waals surface area contributed by atoms with Crippen LogP contribution in [0.25, 0.3) is 10.6 Å². The molecule has 0 spiro atoms. The number of hydrogen-bond acceptors (Lipinski definition) is 4. The Morgan fingerprint density at radius 3 is 2.88 bits per heavy atom. The molecule has 1 aromatic heterocycles. The summed E-state index contributed by atoms with van der Waals surface area (Å²) in [5.41, 5.74) is 1.01. The van der Waals surface area contributed by atoms with Crippen LogP contribution in [-0.4, -0.2) is 41.3 Å². The lowest BCUT2D eigenvalue weighted by atomic mass is 10.2. The number of carbonyl (C=O) groups is 2. The monoisotopic (exact) mass is 343 g/mol. The van der Waals surface area contributed by atoms with Crippen LogP contribution in [0.4, 0.5) is 0 Å². The Balaban J connectivity index is 1.52. The molecule has 1 saturated heterocycles. The summed E-state index contributed by atoms with van der Waals surface area (Å²) in [6, 6.07) is 9.81. The normalized spacial score (nSPS) is 15.2. The molecule has 126 valence electrons. The van der Waals surface area contributed by atoms with E-state index in [0.29, 0.717) is 24.4 Å². The lowest BCUT2D eigenvalue weighted by Gasteiger charge is -2.20. The molecule has 1 aromatic carbocycles. The van der Waals surface area contributed by atoms with E-state index in [2.05, 4.69) is 10.3 Å². The minimum Gasteiger partial charge on any atom is -0.350 e. The molecular weight excluding hydrogens is 322 g/mol. The van der Waals surface area contributed by atoms with Gasteiger partial charge in [0, 0.05) is 31.6 Å². The van der Waals surface area contributed by atoms with Crippen LogP contribution in [0.3, 0.4) is 0 Å². The topological polar surface area (TPSA) is 62.3 Å². The Morgan fingerprint density at radius 2 is 2.04 bits per heavy atom. The first-order valence-corrected chi connectivity index (χ1v) is 9.13. The lowest BCUT2D eigenvalue weighted by molar-refractivity contribution is -0.130. The molecule has 6 heteroatoms. The van der Waals surface area contributed by atoms with E-state index < -0.39 is 0 Å². The fraction of sp³-hybridized carbons (Fsp3) is 0.389. The van der Waals surface area contributed by atoms with Gasteiger partial charge in [-0.25, -0.2) is 4.98 Å². The number of aromatic nitrogens is 1. The first kappa shape index (κ1) is 16.6. The molecule has 2 amide bonds. The maximum atomic E-state index is 12.2. The average molecular weight is 343 g/mol. The number of amides is 2. The molecule has 2 heterocycles. The number of thiazole rings is 1. The van der Waals surface area contributed by atoms with E-state index in [0.717, 1.165) is 36.4 Å². The number of likely N-dealkylation sites (tertiary alicyclic amines) is 1. The number of hydrogen-bond donors (Lipinski definition) is 1. The van der Waals surface area contributed by atoms with Gasteiger partial charge in [0.15, 0.2) is 0 Å². The molecule has 1 fully saturated rings. The summed E-state index contributed by atoms with van der Waals surface area (Å²) in [5.74, 6) is 0.0721. The van der Waals surface area contributed by atoms with E-state index in [9.17, 15) is 9.59 Å². The molecule has 0 atom stereocenters. The van der Waals surface area contributed by atoms with Crippen LogP contribution < -0.4 is 5.32 Å². The van der Waals surface area contributed by atoms with Gasteiger partial charge in [0.05, 0.1) is 6.20 Å². The molecule has 3 rings (SSSR count). The van der Waals surface area contributed by atoms with Crippen molar-refractivity contribution in [1.82, 2.24) is 15.2 Å². The molecule has 0 unspecified atom stereocenters. The second-order valence-corrected chi connectivity index (χ2v) is 6.87. The van der Waals surface area contributed by atoms with Crippen LogP contribution >= 0.6 is 11.3 Å². The third kappa shape index (κ3) is 4.20. The molecule has 5 nitrogen and oxygen atoms in total. The fourth-order valence-electron chi connectivity index (χ4n) is 2.76. The van der Waals surface area contributed by atoms with Gasteiger partial charge in [-0.2, -0.15) is 0 Å². The minimum absolute atomic E-state index is 0.128. The third-order valence-electron chi connectivity index (χ3n) is 4.09. The second kappa shape index (κ2) is 8.06. The second-order valence-electron chi connectivity index (χ2n) is 5.84. The zero-order valence-corrected chi connectivity index (χ0v) is 14.3. The number of rotatable bonds is 5. The fourth-order valence-corrected chi connectivity index (χ4v) is 3.60. The summed E-state index contributed by atoms with van der Waals surface area (Å²) >= 11 is 1.38. The van der Waals surface area contributed by atoms with Gasteiger partial charge in [-0.3, -0.25) is 9.59 Å². The molecule has 0 aliphatic carbocycles. The van der Waals surface area contributed by atoms with Gasteiger partial charge in [-0.1, -0.05) is 36.8 Å². The summed E-state index contributed by atoms with van der Waals surface area (Å²) < 4.78 is 0. The quantitative estimate of drug-likeness (QED) is 0.908. The first-order chi connectivity index (χ1) is 11.7. The highest BCUT2D eigenvalue weighted by molar-refractivity contribution is 7.16. The van der Waals surface area contributed by atoms with Crippen molar-refractivity contribution < 1.29 is 9.59 Å². The zero-order valence-electron chi connectivity index (χ0n) is 13.5. The average Bonchev–Trinajstić information content (AvgIpc) is 3.02. The maximum absolute atomic E-state index is 12.2. The van der Waals surface area contributed by atoms with Crippen molar-refractivity contribution >= 4 is 23.2 Å². The Bertz CT molecular complexity index is 699. The highest BCUT2D eigenvalue weighted by Gasteiger charge is 2.17. The van der Waals surface area contributed by atoms with Crippen molar-refractivity contribution in [3.8, 4) is 10.6 Å². The minimum atomic E-state index is -0.128. The van der Waals surface area contributed by atoms with Crippen LogP contribution in [-0.2, 0) is 4.79 Å². The highest BCUT2D eigenvalue weighted by atomic mass is 32.1. The summed E-state index contributed by atoms with van der Waals surface area (Å²) in [4.78, 5) is 30.9. The van der Waals surface area contributed by atoms with Gasteiger partial charge in [0.1, 0.15) is 9.88 Å². The zero-order chi connectivity index (χ0) is 16.8. The molecule has 2 aromatic rings. The summed E-state index contributed by atoms with van der Waals surface area (Å²) in [6.07, 6.45) is 5.38. The smallest absolute Gasteiger partial charge is 0.263 e. The Labute approximate surface area is 145 Å². The largest absolute Gasteiger partial charge is 0.350 e. The van der Waals surface area contributed by atoms with Crippen molar-refractivity contribution in [2.75, 3.05) is 19.6 Å². The third-order valence-corrected chi connectivity index (χ3v) is 5.13. The van der Waals surface area contributed by atoms with Gasteiger partial charge >= 0.3 is 0 Å². The maximum Gasteiger partial charge on any atom is 0.263 e. The molecular formula is C18H21N3O2S. The van der Waals surface area contributed by atoms with Gasteiger partial charge in [0.25, 0.3) is 5.91 Å². The SMILES string of the molecule is O=C(NCCN1CCCCCC1=O)c1cnc(-c2ccccc2)s1.